The molecule has 1 heterocycles. The Kier molecular flexibility index (Phi) is 6.87. The molecule has 5 nitrogen and oxygen atoms in total. The maximum atomic E-state index is 12.8. The summed E-state index contributed by atoms with van der Waals surface area (Å²) in [5.74, 6) is -1.18. The molecule has 11 heteroatoms. The zero-order valence-corrected chi connectivity index (χ0v) is 15.6. The molecule has 154 valence electrons. The molecule has 0 radical (unpaired) electrons. The van der Waals surface area contributed by atoms with E-state index in [9.17, 15) is 26.7 Å². The quantitative estimate of drug-likeness (QED) is 0.461. The highest BCUT2D eigenvalue weighted by Crippen LogP contribution is 2.38. The van der Waals surface area contributed by atoms with Gasteiger partial charge in [0.05, 0.1) is 12.3 Å². The van der Waals surface area contributed by atoms with E-state index in [2.05, 4.69) is 9.84 Å². The Labute approximate surface area is 162 Å². The molecule has 2 aromatic rings. The van der Waals surface area contributed by atoms with Crippen molar-refractivity contribution in [3.8, 4) is 17.0 Å². The lowest BCUT2D eigenvalue weighted by Gasteiger charge is -2.14. The normalized spacial score (nSPS) is 11.8. The number of carbonyl (C=O) groups is 1. The molecule has 0 unspecified atom stereocenters. The summed E-state index contributed by atoms with van der Waals surface area (Å²) in [5, 5.41) is 3.78. The first-order valence-electron chi connectivity index (χ1n) is 8.08. The first-order valence-corrected chi connectivity index (χ1v) is 8.45. The van der Waals surface area contributed by atoms with Gasteiger partial charge in [0.1, 0.15) is 10.8 Å². The van der Waals surface area contributed by atoms with Crippen LogP contribution in [0.3, 0.4) is 0 Å². The second-order valence-corrected chi connectivity index (χ2v) is 6.06. The van der Waals surface area contributed by atoms with Crippen molar-refractivity contribution in [3.63, 3.8) is 0 Å². The smallest absolute Gasteiger partial charge is 0.389 e. The molecular formula is C17H16ClF5N2O3. The molecule has 0 fully saturated rings. The number of hydrogen-bond donors (Lipinski definition) is 0. The molecule has 0 atom stereocenters. The fraction of sp³-hybridized carbons (Fsp3) is 0.412. The van der Waals surface area contributed by atoms with Crippen molar-refractivity contribution < 1.29 is 36.2 Å². The van der Waals surface area contributed by atoms with Crippen molar-refractivity contribution >= 4 is 17.6 Å². The molecule has 0 aliphatic heterocycles. The van der Waals surface area contributed by atoms with Crippen molar-refractivity contribution in [1.29, 1.82) is 0 Å². The Hall–Kier alpha value is -2.36. The van der Waals surface area contributed by atoms with Gasteiger partial charge in [0.25, 0.3) is 0 Å². The van der Waals surface area contributed by atoms with Gasteiger partial charge in [-0.05, 0) is 31.0 Å². The van der Waals surface area contributed by atoms with Crippen LogP contribution in [0.25, 0.3) is 11.3 Å². The first-order chi connectivity index (χ1) is 13.0. The van der Waals surface area contributed by atoms with E-state index in [0.29, 0.717) is 0 Å². The summed E-state index contributed by atoms with van der Waals surface area (Å²) >= 11 is 6.19. The van der Waals surface area contributed by atoms with Gasteiger partial charge < -0.3 is 9.47 Å². The van der Waals surface area contributed by atoms with Gasteiger partial charge in [-0.1, -0.05) is 17.7 Å². The van der Waals surface area contributed by atoms with Crippen LogP contribution in [0.15, 0.2) is 18.2 Å². The minimum atomic E-state index is -4.39. The zero-order valence-electron chi connectivity index (χ0n) is 14.8. The highest BCUT2D eigenvalue weighted by Gasteiger charge is 2.28. The Morgan fingerprint density at radius 3 is 2.57 bits per heavy atom. The third-order valence-electron chi connectivity index (χ3n) is 3.67. The van der Waals surface area contributed by atoms with Crippen molar-refractivity contribution in [1.82, 2.24) is 9.78 Å². The van der Waals surface area contributed by atoms with Crippen molar-refractivity contribution in [2.45, 2.75) is 32.6 Å². The number of benzene rings is 1. The number of aryl methyl sites for hydroxylation is 2. The van der Waals surface area contributed by atoms with Gasteiger partial charge in [0, 0.05) is 19.0 Å². The fourth-order valence-corrected chi connectivity index (χ4v) is 2.86. The van der Waals surface area contributed by atoms with E-state index in [0.717, 1.165) is 6.07 Å². The Morgan fingerprint density at radius 2 is 2.00 bits per heavy atom. The van der Waals surface area contributed by atoms with E-state index >= 15 is 0 Å². The average Bonchev–Trinajstić information content (AvgIpc) is 2.87. The molecule has 0 amide bonds. The minimum Gasteiger partial charge on any atom is -0.461 e. The summed E-state index contributed by atoms with van der Waals surface area (Å²) in [6.45, 7) is -1.55. The first kappa shape index (κ1) is 21.9. The van der Waals surface area contributed by atoms with Crippen LogP contribution in [0, 0.1) is 0 Å². The van der Waals surface area contributed by atoms with Crippen molar-refractivity contribution in [3.05, 3.63) is 34.5 Å². The molecule has 1 aromatic heterocycles. The summed E-state index contributed by atoms with van der Waals surface area (Å²) in [7, 11) is 1.42. The maximum absolute atomic E-state index is 12.8. The molecule has 1 aromatic carbocycles. The summed E-state index contributed by atoms with van der Waals surface area (Å²) < 4.78 is 73.4. The van der Waals surface area contributed by atoms with E-state index in [-0.39, 0.29) is 39.9 Å². The number of carbonyl (C=O) groups excluding carboxylic acids is 1. The lowest BCUT2D eigenvalue weighted by atomic mass is 10.0. The van der Waals surface area contributed by atoms with E-state index < -0.39 is 31.6 Å². The van der Waals surface area contributed by atoms with Crippen molar-refractivity contribution in [2.75, 3.05) is 6.61 Å². The average molecular weight is 427 g/mol. The van der Waals surface area contributed by atoms with Crippen LogP contribution in [0.4, 0.5) is 22.0 Å². The summed E-state index contributed by atoms with van der Waals surface area (Å²) in [6.07, 6.45) is -5.90. The zero-order chi connectivity index (χ0) is 21.1. The van der Waals surface area contributed by atoms with Crippen molar-refractivity contribution in [2.24, 2.45) is 7.05 Å². The van der Waals surface area contributed by atoms with Crippen LogP contribution >= 0.6 is 11.6 Å². The van der Waals surface area contributed by atoms with Gasteiger partial charge in [-0.2, -0.15) is 27.1 Å². The van der Waals surface area contributed by atoms with Crippen LogP contribution in [0.5, 0.6) is 5.75 Å². The fourth-order valence-electron chi connectivity index (χ4n) is 2.52. The molecule has 0 saturated carbocycles. The molecular weight excluding hydrogens is 411 g/mol. The lowest BCUT2D eigenvalue weighted by molar-refractivity contribution is -0.134. The monoisotopic (exact) mass is 426 g/mol. The number of rotatable bonds is 7. The third kappa shape index (κ3) is 5.34. The summed E-state index contributed by atoms with van der Waals surface area (Å²) in [6, 6.07) is 3.72. The topological polar surface area (TPSA) is 53.3 Å². The second kappa shape index (κ2) is 8.76. The van der Waals surface area contributed by atoms with E-state index in [4.69, 9.17) is 16.3 Å². The Bertz CT molecular complexity index is 852. The largest absolute Gasteiger partial charge is 0.461 e. The number of aromatic nitrogens is 2. The molecule has 0 bridgehead atoms. The SMILES string of the molecule is CCOC(=O)c1nn(C)c(-c2ccc(CCC(F)(F)F)cc2OC(F)F)c1Cl. The van der Waals surface area contributed by atoms with Gasteiger partial charge in [-0.25, -0.2) is 4.79 Å². The predicted octanol–water partition coefficient (Wildman–Crippen LogP) is 5.01. The summed E-state index contributed by atoms with van der Waals surface area (Å²) in [5.41, 5.74) is 0.0696. The molecule has 0 N–H and O–H groups in total. The number of alkyl halides is 5. The highest BCUT2D eigenvalue weighted by atomic mass is 35.5. The number of nitrogens with zero attached hydrogens (tertiary/aromatic N) is 2. The standard InChI is InChI=1S/C17H16ClF5N2O3/c1-3-27-15(26)13-12(18)14(25(2)24-13)10-5-4-9(6-7-17(21,22)23)8-11(10)28-16(19)20/h4-5,8,16H,3,6-7H2,1-2H3. The maximum Gasteiger partial charge on any atom is 0.389 e. The van der Waals surface area contributed by atoms with Crippen LogP contribution in [-0.2, 0) is 18.2 Å². The van der Waals surface area contributed by atoms with Gasteiger partial charge in [-0.15, -0.1) is 0 Å². The Balaban J connectivity index is 2.48. The molecule has 28 heavy (non-hydrogen) atoms. The lowest BCUT2D eigenvalue weighted by Crippen LogP contribution is -2.09. The molecule has 2 rings (SSSR count). The molecule has 0 aliphatic carbocycles. The third-order valence-corrected chi connectivity index (χ3v) is 4.03. The van der Waals surface area contributed by atoms with Crippen LogP contribution in [-0.4, -0.2) is 35.1 Å². The van der Waals surface area contributed by atoms with Crippen LogP contribution in [0.1, 0.15) is 29.4 Å². The van der Waals surface area contributed by atoms with E-state index in [1.54, 1.807) is 6.92 Å². The molecule has 0 aliphatic rings. The molecule has 0 spiro atoms. The van der Waals surface area contributed by atoms with Crippen LogP contribution in [0.2, 0.25) is 5.02 Å². The predicted molar refractivity (Wildman–Crippen MR) is 90.6 cm³/mol. The van der Waals surface area contributed by atoms with E-state index in [1.807, 2.05) is 0 Å². The van der Waals surface area contributed by atoms with Gasteiger partial charge in [0.15, 0.2) is 5.69 Å². The number of hydrogen-bond acceptors (Lipinski definition) is 4. The minimum absolute atomic E-state index is 0.0478. The number of esters is 1. The summed E-state index contributed by atoms with van der Waals surface area (Å²) in [4.78, 5) is 11.9. The number of ether oxygens (including phenoxy) is 2. The second-order valence-electron chi connectivity index (χ2n) is 5.68. The van der Waals surface area contributed by atoms with Crippen LogP contribution < -0.4 is 4.74 Å². The molecule has 0 saturated heterocycles. The van der Waals surface area contributed by atoms with Gasteiger partial charge in [0.2, 0.25) is 0 Å². The van der Waals surface area contributed by atoms with E-state index in [1.165, 1.54) is 23.9 Å². The van der Waals surface area contributed by atoms with Gasteiger partial charge in [-0.3, -0.25) is 4.68 Å². The highest BCUT2D eigenvalue weighted by molar-refractivity contribution is 6.35. The Morgan fingerprint density at radius 1 is 1.32 bits per heavy atom. The number of halogens is 6. The van der Waals surface area contributed by atoms with Gasteiger partial charge >= 0.3 is 18.8 Å².